The quantitative estimate of drug-likeness (QED) is 0.498. The number of hydrogen-bond donors (Lipinski definition) is 0. The van der Waals surface area contributed by atoms with Crippen LogP contribution < -0.4 is 0 Å². The minimum Gasteiger partial charge on any atom is -0.0916 e. The molecule has 0 radical (unpaired) electrons. The molecule has 0 saturated carbocycles. The van der Waals surface area contributed by atoms with Crippen LogP contribution in [0.1, 0.15) is 69.2 Å². The fourth-order valence-electron chi connectivity index (χ4n) is 3.87. The summed E-state index contributed by atoms with van der Waals surface area (Å²) in [7, 11) is -1.55. The molecular weight excluding hydrogens is 306 g/mol. The molecule has 0 N–H and O–H groups in total. The highest BCUT2D eigenvalue weighted by Crippen LogP contribution is 2.66. The summed E-state index contributed by atoms with van der Waals surface area (Å²) in [6.07, 6.45) is 6.52. The molecule has 1 aliphatic rings. The Morgan fingerprint density at radius 1 is 1.00 bits per heavy atom. The average molecular weight is 341 g/mol. The van der Waals surface area contributed by atoms with E-state index in [4.69, 9.17) is 0 Å². The second-order valence-electron chi connectivity index (χ2n) is 9.42. The standard InChI is InChI=1S/C19H35OP2/c1-14(21(17(2,3)4)18(5,6)7)15-12-11-13-16(15)22(20)19(8,9)10/h11-15H,1-10H3/q+1/t14-,15?/m1/s1. The van der Waals surface area contributed by atoms with Gasteiger partial charge < -0.3 is 0 Å². The Morgan fingerprint density at radius 2 is 1.45 bits per heavy atom. The minimum atomic E-state index is -1.33. The van der Waals surface area contributed by atoms with Crippen LogP contribution >= 0.6 is 15.7 Å². The van der Waals surface area contributed by atoms with Gasteiger partial charge in [0.1, 0.15) is 0 Å². The van der Waals surface area contributed by atoms with Crippen LogP contribution in [0.2, 0.25) is 0 Å². The Bertz CT molecular complexity index is 467. The van der Waals surface area contributed by atoms with Gasteiger partial charge in [0.15, 0.2) is 10.5 Å². The van der Waals surface area contributed by atoms with Crippen LogP contribution in [-0.4, -0.2) is 21.1 Å². The molecule has 0 amide bonds. The van der Waals surface area contributed by atoms with E-state index in [1.807, 2.05) is 0 Å². The molecule has 0 bridgehead atoms. The zero-order valence-corrected chi connectivity index (χ0v) is 18.0. The van der Waals surface area contributed by atoms with Gasteiger partial charge in [0.2, 0.25) is 0 Å². The second kappa shape index (κ2) is 6.49. The van der Waals surface area contributed by atoms with Crippen LogP contribution in [0.25, 0.3) is 0 Å². The largest absolute Gasteiger partial charge is 0.378 e. The smallest absolute Gasteiger partial charge is 0.0916 e. The van der Waals surface area contributed by atoms with Gasteiger partial charge in [0, 0.05) is 0 Å². The van der Waals surface area contributed by atoms with E-state index < -0.39 is 7.80 Å². The van der Waals surface area contributed by atoms with Gasteiger partial charge >= 0.3 is 7.80 Å². The molecule has 3 atom stereocenters. The molecule has 1 nitrogen and oxygen atoms in total. The lowest BCUT2D eigenvalue weighted by Crippen LogP contribution is -2.33. The first-order valence-electron chi connectivity index (χ1n) is 8.32. The van der Waals surface area contributed by atoms with Gasteiger partial charge in [-0.3, -0.25) is 0 Å². The van der Waals surface area contributed by atoms with Gasteiger partial charge in [-0.05, 0) is 42.8 Å². The molecule has 0 saturated heterocycles. The molecule has 126 valence electrons. The van der Waals surface area contributed by atoms with Crippen molar-refractivity contribution in [1.29, 1.82) is 0 Å². The van der Waals surface area contributed by atoms with Gasteiger partial charge in [-0.1, -0.05) is 73.1 Å². The van der Waals surface area contributed by atoms with Crippen LogP contribution in [0, 0.1) is 5.92 Å². The summed E-state index contributed by atoms with van der Waals surface area (Å²) in [5.74, 6) is 0.340. The summed E-state index contributed by atoms with van der Waals surface area (Å²) < 4.78 is 13.0. The Kier molecular flexibility index (Phi) is 5.91. The lowest BCUT2D eigenvalue weighted by molar-refractivity contribution is 0.564. The van der Waals surface area contributed by atoms with Crippen LogP contribution in [0.15, 0.2) is 23.5 Å². The van der Waals surface area contributed by atoms with E-state index in [0.29, 0.717) is 21.9 Å². The van der Waals surface area contributed by atoms with Gasteiger partial charge in [-0.2, -0.15) is 0 Å². The Balaban J connectivity index is 3.16. The topological polar surface area (TPSA) is 17.1 Å². The third kappa shape index (κ3) is 4.52. The summed E-state index contributed by atoms with van der Waals surface area (Å²) in [6.45, 7) is 22.8. The van der Waals surface area contributed by atoms with Crippen molar-refractivity contribution < 1.29 is 4.57 Å². The van der Waals surface area contributed by atoms with E-state index in [1.54, 1.807) is 0 Å². The third-order valence-electron chi connectivity index (χ3n) is 4.14. The van der Waals surface area contributed by atoms with E-state index in [9.17, 15) is 4.57 Å². The average Bonchev–Trinajstić information content (AvgIpc) is 2.70. The Labute approximate surface area is 140 Å². The second-order valence-corrected chi connectivity index (χ2v) is 16.1. The Hall–Kier alpha value is 0.01000. The van der Waals surface area contributed by atoms with Crippen molar-refractivity contribution in [2.75, 3.05) is 0 Å². The zero-order chi connectivity index (χ0) is 17.5. The fraction of sp³-hybridized carbons (Fsp3) is 0.789. The van der Waals surface area contributed by atoms with Crippen molar-refractivity contribution in [2.45, 2.75) is 90.4 Å². The van der Waals surface area contributed by atoms with Gasteiger partial charge in [-0.25, -0.2) is 0 Å². The third-order valence-corrected chi connectivity index (χ3v) is 10.3. The van der Waals surface area contributed by atoms with E-state index in [-0.39, 0.29) is 13.1 Å². The minimum absolute atomic E-state index is 0.155. The summed E-state index contributed by atoms with van der Waals surface area (Å²) >= 11 is 0. The maximum absolute atomic E-state index is 13.0. The van der Waals surface area contributed by atoms with Crippen LogP contribution in [0.4, 0.5) is 0 Å². The first-order valence-corrected chi connectivity index (χ1v) is 11.0. The Morgan fingerprint density at radius 3 is 1.82 bits per heavy atom. The fourth-order valence-corrected chi connectivity index (χ4v) is 10.6. The van der Waals surface area contributed by atoms with Crippen LogP contribution in [0.5, 0.6) is 0 Å². The predicted molar refractivity (Wildman–Crippen MR) is 104 cm³/mol. The molecule has 1 rings (SSSR count). The van der Waals surface area contributed by atoms with Gasteiger partial charge in [0.05, 0.1) is 5.92 Å². The lowest BCUT2D eigenvalue weighted by Gasteiger charge is -2.46. The highest BCUT2D eigenvalue weighted by molar-refractivity contribution is 7.61. The van der Waals surface area contributed by atoms with Crippen LogP contribution in [-0.2, 0) is 4.57 Å². The molecule has 3 heteroatoms. The lowest BCUT2D eigenvalue weighted by atomic mass is 10.1. The van der Waals surface area contributed by atoms with Crippen molar-refractivity contribution in [1.82, 2.24) is 0 Å². The molecule has 0 aromatic heterocycles. The molecule has 0 fully saturated rings. The van der Waals surface area contributed by atoms with E-state index in [1.165, 1.54) is 0 Å². The van der Waals surface area contributed by atoms with Gasteiger partial charge in [0.25, 0.3) is 0 Å². The van der Waals surface area contributed by atoms with E-state index in [2.05, 4.69) is 87.5 Å². The van der Waals surface area contributed by atoms with E-state index >= 15 is 0 Å². The normalized spacial score (nSPS) is 22.0. The monoisotopic (exact) mass is 341 g/mol. The van der Waals surface area contributed by atoms with E-state index in [0.717, 1.165) is 5.31 Å². The molecule has 0 spiro atoms. The maximum Gasteiger partial charge on any atom is 0.378 e. The van der Waals surface area contributed by atoms with Gasteiger partial charge in [-0.15, -0.1) is 0 Å². The summed E-state index contributed by atoms with van der Waals surface area (Å²) in [6, 6.07) is 0. The highest BCUT2D eigenvalue weighted by atomic mass is 31.1. The number of rotatable bonds is 3. The number of hydrogen-bond acceptors (Lipinski definition) is 1. The predicted octanol–water partition coefficient (Wildman–Crippen LogP) is 7.15. The van der Waals surface area contributed by atoms with Crippen molar-refractivity contribution in [3.05, 3.63) is 23.5 Å². The molecule has 0 aromatic rings. The summed E-state index contributed by atoms with van der Waals surface area (Å²) in [4.78, 5) is 0. The van der Waals surface area contributed by atoms with Crippen molar-refractivity contribution in [2.24, 2.45) is 5.92 Å². The first-order chi connectivity index (χ1) is 9.67. The molecule has 1 aliphatic carbocycles. The van der Waals surface area contributed by atoms with Crippen LogP contribution in [0.3, 0.4) is 0 Å². The number of allylic oxidation sites excluding steroid dienone is 4. The SMILES string of the molecule is C[C@H](C1C=CC=C1[P+](=O)C(C)(C)C)P(C(C)(C)C)C(C)(C)C. The van der Waals surface area contributed by atoms with Crippen molar-refractivity contribution in [3.63, 3.8) is 0 Å². The molecule has 0 heterocycles. The molecule has 0 aromatic carbocycles. The van der Waals surface area contributed by atoms with Crippen molar-refractivity contribution >= 4 is 15.7 Å². The molecule has 2 unspecified atom stereocenters. The molecule has 0 aliphatic heterocycles. The highest BCUT2D eigenvalue weighted by Gasteiger charge is 2.48. The molecular formula is C19H35OP2+. The maximum atomic E-state index is 13.0. The summed E-state index contributed by atoms with van der Waals surface area (Å²) in [5, 5.41) is 1.59. The zero-order valence-electron chi connectivity index (χ0n) is 16.2. The molecule has 22 heavy (non-hydrogen) atoms. The summed E-state index contributed by atoms with van der Waals surface area (Å²) in [5.41, 5.74) is 0.543. The van der Waals surface area contributed by atoms with Crippen molar-refractivity contribution in [3.8, 4) is 0 Å². The first kappa shape index (κ1) is 20.1.